The molecule has 1 heterocycles. The van der Waals surface area contributed by atoms with E-state index in [-0.39, 0.29) is 4.99 Å². The van der Waals surface area contributed by atoms with Crippen molar-refractivity contribution in [1.29, 1.82) is 0 Å². The Balaban J connectivity index is 2.43. The first-order valence-corrected chi connectivity index (χ1v) is 7.27. The molecule has 0 saturated carbocycles. The van der Waals surface area contributed by atoms with E-state index in [1.54, 1.807) is 6.20 Å². The van der Waals surface area contributed by atoms with Gasteiger partial charge >= 0.3 is 0 Å². The molecule has 0 fully saturated rings. The van der Waals surface area contributed by atoms with Gasteiger partial charge in [-0.2, -0.15) is 0 Å². The van der Waals surface area contributed by atoms with E-state index < -0.39 is 0 Å². The Morgan fingerprint density at radius 2 is 2.00 bits per heavy atom. The third-order valence-electron chi connectivity index (χ3n) is 2.70. The van der Waals surface area contributed by atoms with E-state index in [1.165, 1.54) is 6.20 Å². The molecule has 6 heteroatoms. The van der Waals surface area contributed by atoms with Crippen LogP contribution in [0.3, 0.4) is 0 Å². The Morgan fingerprint density at radius 1 is 1.30 bits per heavy atom. The number of rotatable bonds is 4. The minimum atomic E-state index is 0.163. The van der Waals surface area contributed by atoms with Crippen molar-refractivity contribution in [3.63, 3.8) is 0 Å². The van der Waals surface area contributed by atoms with Gasteiger partial charge < -0.3 is 10.5 Å². The second-order valence-electron chi connectivity index (χ2n) is 4.51. The summed E-state index contributed by atoms with van der Waals surface area (Å²) >= 11 is 8.42. The minimum Gasteiger partial charge on any atom is -0.437 e. The largest absolute Gasteiger partial charge is 0.437 e. The molecule has 4 nitrogen and oxygen atoms in total. The quantitative estimate of drug-likeness (QED) is 0.849. The second kappa shape index (κ2) is 6.28. The number of aromatic nitrogens is 2. The molecular formula is C14H14BrN3OS. The van der Waals surface area contributed by atoms with Crippen molar-refractivity contribution in [3.05, 3.63) is 46.3 Å². The average molecular weight is 352 g/mol. The summed E-state index contributed by atoms with van der Waals surface area (Å²) in [4.78, 5) is 8.42. The fourth-order valence-electron chi connectivity index (χ4n) is 1.74. The predicted molar refractivity (Wildman–Crippen MR) is 86.2 cm³/mol. The molecular weight excluding hydrogens is 338 g/mol. The van der Waals surface area contributed by atoms with Crippen LogP contribution in [-0.2, 0) is 0 Å². The van der Waals surface area contributed by atoms with Gasteiger partial charge in [0.2, 0.25) is 5.88 Å². The molecule has 2 rings (SSSR count). The highest BCUT2D eigenvalue weighted by molar-refractivity contribution is 9.10. The molecule has 0 aliphatic rings. The Labute approximate surface area is 131 Å². The second-order valence-corrected chi connectivity index (χ2v) is 5.87. The minimum absolute atomic E-state index is 0.163. The number of halogens is 1. The lowest BCUT2D eigenvalue weighted by Gasteiger charge is -2.14. The highest BCUT2D eigenvalue weighted by Crippen LogP contribution is 2.32. The van der Waals surface area contributed by atoms with Crippen LogP contribution in [0.4, 0.5) is 0 Å². The molecule has 1 aromatic carbocycles. The van der Waals surface area contributed by atoms with Crippen LogP contribution in [0.15, 0.2) is 35.1 Å². The molecule has 0 atom stereocenters. The molecule has 0 saturated heterocycles. The van der Waals surface area contributed by atoms with Crippen molar-refractivity contribution in [2.24, 2.45) is 5.73 Å². The Bertz CT molecular complexity index is 646. The van der Waals surface area contributed by atoms with Crippen molar-refractivity contribution < 1.29 is 4.74 Å². The topological polar surface area (TPSA) is 61.0 Å². The van der Waals surface area contributed by atoms with E-state index in [0.29, 0.717) is 17.5 Å². The van der Waals surface area contributed by atoms with Crippen molar-refractivity contribution in [1.82, 2.24) is 9.97 Å². The number of thiocarbonyl (C=S) groups is 1. The van der Waals surface area contributed by atoms with E-state index in [9.17, 15) is 0 Å². The van der Waals surface area contributed by atoms with E-state index >= 15 is 0 Å². The van der Waals surface area contributed by atoms with E-state index in [0.717, 1.165) is 15.8 Å². The van der Waals surface area contributed by atoms with Crippen LogP contribution in [-0.4, -0.2) is 15.0 Å². The summed E-state index contributed by atoms with van der Waals surface area (Å²) in [5, 5.41) is 0. The predicted octanol–water partition coefficient (Wildman–Crippen LogP) is 3.79. The lowest BCUT2D eigenvalue weighted by Crippen LogP contribution is -2.13. The van der Waals surface area contributed by atoms with Gasteiger partial charge in [-0.15, -0.1) is 0 Å². The first-order chi connectivity index (χ1) is 9.49. The lowest BCUT2D eigenvalue weighted by atomic mass is 10.0. The molecule has 0 spiro atoms. The van der Waals surface area contributed by atoms with Gasteiger partial charge in [-0.25, -0.2) is 9.97 Å². The molecule has 2 N–H and O–H groups in total. The number of nitrogens with zero attached hydrogens (tertiary/aromatic N) is 2. The van der Waals surface area contributed by atoms with Gasteiger partial charge in [0.1, 0.15) is 10.7 Å². The van der Waals surface area contributed by atoms with Gasteiger partial charge in [-0.3, -0.25) is 0 Å². The van der Waals surface area contributed by atoms with Gasteiger partial charge in [-0.1, -0.05) is 42.0 Å². The third-order valence-corrected chi connectivity index (χ3v) is 3.39. The molecule has 0 aliphatic carbocycles. The van der Waals surface area contributed by atoms with Gasteiger partial charge in [0, 0.05) is 16.9 Å². The molecule has 0 amide bonds. The van der Waals surface area contributed by atoms with Crippen LogP contribution in [0.25, 0.3) is 0 Å². The van der Waals surface area contributed by atoms with Crippen molar-refractivity contribution in [2.75, 3.05) is 0 Å². The first-order valence-electron chi connectivity index (χ1n) is 6.07. The zero-order valence-corrected chi connectivity index (χ0v) is 13.5. The third kappa shape index (κ3) is 3.32. The normalized spacial score (nSPS) is 10.6. The van der Waals surface area contributed by atoms with Crippen LogP contribution >= 0.6 is 28.1 Å². The number of hydrogen-bond donors (Lipinski definition) is 1. The van der Waals surface area contributed by atoms with Crippen molar-refractivity contribution in [3.8, 4) is 11.6 Å². The summed E-state index contributed by atoms with van der Waals surface area (Å²) in [5.74, 6) is 1.36. The monoisotopic (exact) mass is 351 g/mol. The lowest BCUT2D eigenvalue weighted by molar-refractivity contribution is 0.450. The standard InChI is InChI=1S/C14H14BrN3OS/c1-8(2)10-7-9(15)3-4-11(10)19-14-12(13(16)20)17-5-6-18-14/h3-8H,1-2H3,(H2,16,20). The summed E-state index contributed by atoms with van der Waals surface area (Å²) in [6, 6.07) is 5.83. The van der Waals surface area contributed by atoms with Crippen LogP contribution in [0.5, 0.6) is 11.6 Å². The molecule has 104 valence electrons. The fraction of sp³-hybridized carbons (Fsp3) is 0.214. The maximum absolute atomic E-state index is 5.86. The van der Waals surface area contributed by atoms with Crippen LogP contribution in [0.2, 0.25) is 0 Å². The van der Waals surface area contributed by atoms with Crippen molar-refractivity contribution >= 4 is 33.1 Å². The van der Waals surface area contributed by atoms with Crippen LogP contribution < -0.4 is 10.5 Å². The molecule has 0 unspecified atom stereocenters. The summed E-state index contributed by atoms with van der Waals surface area (Å²) in [6.45, 7) is 4.19. The zero-order chi connectivity index (χ0) is 14.7. The Morgan fingerprint density at radius 3 is 2.65 bits per heavy atom. The summed E-state index contributed by atoms with van der Waals surface area (Å²) in [5.41, 5.74) is 7.09. The fourth-order valence-corrected chi connectivity index (χ4v) is 2.26. The average Bonchev–Trinajstić information content (AvgIpc) is 2.41. The van der Waals surface area contributed by atoms with Gasteiger partial charge in [0.25, 0.3) is 0 Å². The molecule has 2 aromatic rings. The number of benzene rings is 1. The molecule has 1 aromatic heterocycles. The van der Waals surface area contributed by atoms with Gasteiger partial charge in [0.15, 0.2) is 5.69 Å². The molecule has 0 radical (unpaired) electrons. The zero-order valence-electron chi connectivity index (χ0n) is 11.1. The number of nitrogens with two attached hydrogens (primary N) is 1. The SMILES string of the molecule is CC(C)c1cc(Br)ccc1Oc1nccnc1C(N)=S. The smallest absolute Gasteiger partial charge is 0.248 e. The maximum atomic E-state index is 5.86. The van der Waals surface area contributed by atoms with E-state index in [4.69, 9.17) is 22.7 Å². The summed E-state index contributed by atoms with van der Waals surface area (Å²) < 4.78 is 6.86. The van der Waals surface area contributed by atoms with E-state index in [1.807, 2.05) is 18.2 Å². The molecule has 20 heavy (non-hydrogen) atoms. The Kier molecular flexibility index (Phi) is 4.67. The Hall–Kier alpha value is -1.53. The molecule has 0 aliphatic heterocycles. The van der Waals surface area contributed by atoms with Crippen LogP contribution in [0.1, 0.15) is 31.0 Å². The number of hydrogen-bond acceptors (Lipinski definition) is 4. The van der Waals surface area contributed by atoms with Crippen LogP contribution in [0, 0.1) is 0 Å². The highest BCUT2D eigenvalue weighted by atomic mass is 79.9. The van der Waals surface area contributed by atoms with Crippen molar-refractivity contribution in [2.45, 2.75) is 19.8 Å². The first kappa shape index (κ1) is 14.9. The van der Waals surface area contributed by atoms with Gasteiger partial charge in [-0.05, 0) is 29.7 Å². The van der Waals surface area contributed by atoms with E-state index in [2.05, 4.69) is 39.7 Å². The van der Waals surface area contributed by atoms with Gasteiger partial charge in [0.05, 0.1) is 0 Å². The summed E-state index contributed by atoms with van der Waals surface area (Å²) in [7, 11) is 0. The maximum Gasteiger partial charge on any atom is 0.248 e. The summed E-state index contributed by atoms with van der Waals surface area (Å²) in [6.07, 6.45) is 3.08. The molecule has 0 bridgehead atoms. The number of ether oxygens (including phenoxy) is 1. The highest BCUT2D eigenvalue weighted by Gasteiger charge is 2.14.